The van der Waals surface area contributed by atoms with Crippen LogP contribution in [0.5, 0.6) is 0 Å². The van der Waals surface area contributed by atoms with Gasteiger partial charge in [0, 0.05) is 24.4 Å². The Balaban J connectivity index is 1.26. The number of aromatic nitrogens is 2. The molecule has 0 atom stereocenters. The van der Waals surface area contributed by atoms with Crippen LogP contribution in [-0.4, -0.2) is 22.0 Å². The number of nitrogens with one attached hydrogen (secondary N) is 2. The molecule has 7 heteroatoms. The van der Waals surface area contributed by atoms with Crippen LogP contribution in [0.3, 0.4) is 0 Å². The summed E-state index contributed by atoms with van der Waals surface area (Å²) in [5, 5.41) is 16.2. The van der Waals surface area contributed by atoms with Crippen molar-refractivity contribution in [1.82, 2.24) is 15.5 Å². The molecule has 4 saturated carbocycles. The number of carbonyl (C=O) groups excluding carboxylic acids is 2. The van der Waals surface area contributed by atoms with Crippen molar-refractivity contribution in [2.45, 2.75) is 57.4 Å². The number of carbonyl (C=O) groups is 2. The van der Waals surface area contributed by atoms with E-state index in [1.165, 1.54) is 45.4 Å². The molecule has 4 bridgehead atoms. The third kappa shape index (κ3) is 3.68. The molecule has 29 heavy (non-hydrogen) atoms. The first-order valence-corrected chi connectivity index (χ1v) is 11.3. The van der Waals surface area contributed by atoms with Crippen molar-refractivity contribution in [2.75, 3.05) is 5.32 Å². The summed E-state index contributed by atoms with van der Waals surface area (Å²) in [6.45, 7) is 1.95. The highest BCUT2D eigenvalue weighted by Crippen LogP contribution is 2.61. The van der Waals surface area contributed by atoms with Gasteiger partial charge in [-0.2, -0.15) is 0 Å². The summed E-state index contributed by atoms with van der Waals surface area (Å²) in [7, 11) is 0. The lowest BCUT2D eigenvalue weighted by Crippen LogP contribution is -2.48. The van der Waals surface area contributed by atoms with E-state index in [1.807, 2.05) is 12.1 Å². The SMILES string of the molecule is CC(=O)NCc1ccc(C(=O)Nc2nnc(C34CC5CC(CC(C5)C3)C4)s2)cc1. The van der Waals surface area contributed by atoms with Gasteiger partial charge in [-0.05, 0) is 74.0 Å². The van der Waals surface area contributed by atoms with Crippen LogP contribution in [0.2, 0.25) is 0 Å². The quantitative estimate of drug-likeness (QED) is 0.783. The van der Waals surface area contributed by atoms with E-state index in [0.29, 0.717) is 17.2 Å². The van der Waals surface area contributed by atoms with Gasteiger partial charge in [0.15, 0.2) is 0 Å². The molecule has 152 valence electrons. The van der Waals surface area contributed by atoms with E-state index >= 15 is 0 Å². The lowest BCUT2D eigenvalue weighted by atomic mass is 9.50. The van der Waals surface area contributed by atoms with Gasteiger partial charge < -0.3 is 5.32 Å². The van der Waals surface area contributed by atoms with E-state index in [-0.39, 0.29) is 17.2 Å². The summed E-state index contributed by atoms with van der Waals surface area (Å²) in [4.78, 5) is 23.6. The molecule has 0 radical (unpaired) electrons. The van der Waals surface area contributed by atoms with Crippen molar-refractivity contribution in [3.63, 3.8) is 0 Å². The van der Waals surface area contributed by atoms with Crippen molar-refractivity contribution in [2.24, 2.45) is 17.8 Å². The summed E-state index contributed by atoms with van der Waals surface area (Å²) >= 11 is 1.56. The molecule has 1 heterocycles. The molecule has 0 saturated heterocycles. The Labute approximate surface area is 174 Å². The summed E-state index contributed by atoms with van der Waals surface area (Å²) in [5.74, 6) is 2.33. The van der Waals surface area contributed by atoms with Gasteiger partial charge >= 0.3 is 0 Å². The van der Waals surface area contributed by atoms with Crippen LogP contribution in [0.4, 0.5) is 5.13 Å². The molecule has 4 aliphatic carbocycles. The zero-order valence-corrected chi connectivity index (χ0v) is 17.4. The molecule has 4 fully saturated rings. The second kappa shape index (κ2) is 7.20. The first kappa shape index (κ1) is 18.7. The highest BCUT2D eigenvalue weighted by molar-refractivity contribution is 7.15. The maximum atomic E-state index is 12.6. The standard InChI is InChI=1S/C22H26N4O2S/c1-13(27)23-12-14-2-4-18(5-3-14)19(28)24-21-26-25-20(29-21)22-9-15-6-16(10-22)8-17(7-15)11-22/h2-5,15-17H,6-12H2,1H3,(H,23,27)(H,24,26,28). The topological polar surface area (TPSA) is 84.0 Å². The molecule has 6 nitrogen and oxygen atoms in total. The van der Waals surface area contributed by atoms with Crippen LogP contribution in [0.1, 0.15) is 66.4 Å². The highest BCUT2D eigenvalue weighted by Gasteiger charge is 2.53. The van der Waals surface area contributed by atoms with Crippen molar-refractivity contribution in [1.29, 1.82) is 0 Å². The van der Waals surface area contributed by atoms with E-state index < -0.39 is 0 Å². The number of hydrogen-bond acceptors (Lipinski definition) is 5. The molecule has 0 aliphatic heterocycles. The van der Waals surface area contributed by atoms with E-state index in [9.17, 15) is 9.59 Å². The van der Waals surface area contributed by atoms with Crippen LogP contribution in [-0.2, 0) is 16.8 Å². The normalized spacial score (nSPS) is 29.6. The molecular formula is C22H26N4O2S. The highest BCUT2D eigenvalue weighted by atomic mass is 32.1. The van der Waals surface area contributed by atoms with Crippen molar-refractivity contribution in [3.8, 4) is 0 Å². The Morgan fingerprint density at radius 1 is 1.03 bits per heavy atom. The molecule has 2 amide bonds. The predicted octanol–water partition coefficient (Wildman–Crippen LogP) is 3.89. The first-order chi connectivity index (χ1) is 14.0. The summed E-state index contributed by atoms with van der Waals surface area (Å²) in [5.41, 5.74) is 1.74. The molecule has 6 rings (SSSR count). The maximum absolute atomic E-state index is 12.6. The summed E-state index contributed by atoms with van der Waals surface area (Å²) in [6, 6.07) is 7.25. The van der Waals surface area contributed by atoms with Gasteiger partial charge in [-0.15, -0.1) is 10.2 Å². The van der Waals surface area contributed by atoms with E-state index in [1.54, 1.807) is 23.5 Å². The average Bonchev–Trinajstić information content (AvgIpc) is 3.15. The minimum absolute atomic E-state index is 0.0714. The first-order valence-electron chi connectivity index (χ1n) is 10.5. The zero-order valence-electron chi connectivity index (χ0n) is 16.6. The fourth-order valence-electron chi connectivity index (χ4n) is 6.03. The minimum atomic E-state index is -0.177. The van der Waals surface area contributed by atoms with Gasteiger partial charge in [0.25, 0.3) is 5.91 Å². The van der Waals surface area contributed by atoms with E-state index in [4.69, 9.17) is 0 Å². The second-order valence-electron chi connectivity index (χ2n) is 9.17. The van der Waals surface area contributed by atoms with Gasteiger partial charge in [-0.3, -0.25) is 14.9 Å². The van der Waals surface area contributed by atoms with Crippen molar-refractivity contribution >= 4 is 28.3 Å². The minimum Gasteiger partial charge on any atom is -0.352 e. The Morgan fingerprint density at radius 2 is 1.66 bits per heavy atom. The Bertz CT molecular complexity index is 901. The average molecular weight is 411 g/mol. The molecule has 2 N–H and O–H groups in total. The number of rotatable bonds is 5. The third-order valence-corrected chi connectivity index (χ3v) is 7.98. The Morgan fingerprint density at radius 3 is 2.24 bits per heavy atom. The fraction of sp³-hybridized carbons (Fsp3) is 0.545. The van der Waals surface area contributed by atoms with Crippen LogP contribution in [0.15, 0.2) is 24.3 Å². The number of anilines is 1. The Kier molecular flexibility index (Phi) is 4.65. The second-order valence-corrected chi connectivity index (χ2v) is 10.1. The zero-order chi connectivity index (χ0) is 20.0. The number of benzene rings is 1. The fourth-order valence-corrected chi connectivity index (χ4v) is 6.99. The van der Waals surface area contributed by atoms with Gasteiger partial charge in [0.05, 0.1) is 0 Å². The van der Waals surface area contributed by atoms with E-state index in [0.717, 1.165) is 28.3 Å². The van der Waals surface area contributed by atoms with Crippen LogP contribution in [0.25, 0.3) is 0 Å². The molecular weight excluding hydrogens is 384 g/mol. The van der Waals surface area contributed by atoms with Crippen molar-refractivity contribution in [3.05, 3.63) is 40.4 Å². The molecule has 2 aromatic rings. The monoisotopic (exact) mass is 410 g/mol. The van der Waals surface area contributed by atoms with Gasteiger partial charge in [0.2, 0.25) is 11.0 Å². The third-order valence-electron chi connectivity index (χ3n) is 6.89. The molecule has 0 unspecified atom stereocenters. The molecule has 4 aliphatic rings. The summed E-state index contributed by atoms with van der Waals surface area (Å²) < 4.78 is 0. The van der Waals surface area contributed by atoms with Gasteiger partial charge in [0.1, 0.15) is 5.01 Å². The predicted molar refractivity (Wildman–Crippen MR) is 112 cm³/mol. The van der Waals surface area contributed by atoms with Gasteiger partial charge in [-0.1, -0.05) is 23.5 Å². The van der Waals surface area contributed by atoms with Crippen LogP contribution < -0.4 is 10.6 Å². The molecule has 0 spiro atoms. The van der Waals surface area contributed by atoms with Crippen molar-refractivity contribution < 1.29 is 9.59 Å². The van der Waals surface area contributed by atoms with Gasteiger partial charge in [-0.25, -0.2) is 0 Å². The lowest BCUT2D eigenvalue weighted by molar-refractivity contribution is -0.119. The largest absolute Gasteiger partial charge is 0.352 e. The lowest BCUT2D eigenvalue weighted by Gasteiger charge is -2.55. The molecule has 1 aromatic carbocycles. The summed E-state index contributed by atoms with van der Waals surface area (Å²) in [6.07, 6.45) is 7.95. The van der Waals surface area contributed by atoms with Crippen LogP contribution >= 0.6 is 11.3 Å². The van der Waals surface area contributed by atoms with E-state index in [2.05, 4.69) is 20.8 Å². The number of hydrogen-bond donors (Lipinski definition) is 2. The number of amides is 2. The van der Waals surface area contributed by atoms with Crippen LogP contribution in [0, 0.1) is 17.8 Å². The maximum Gasteiger partial charge on any atom is 0.257 e. The molecule has 1 aromatic heterocycles. The number of nitrogens with zero attached hydrogens (tertiary/aromatic N) is 2. The Hall–Kier alpha value is -2.28. The smallest absolute Gasteiger partial charge is 0.257 e.